The van der Waals surface area contributed by atoms with Crippen LogP contribution in [0.4, 0.5) is 0 Å². The molecule has 2 aliphatic rings. The van der Waals surface area contributed by atoms with Crippen LogP contribution in [-0.2, 0) is 19.0 Å². The summed E-state index contributed by atoms with van der Waals surface area (Å²) in [5, 5.41) is 13.7. The largest absolute Gasteiger partial charge is 0.464 e. The van der Waals surface area contributed by atoms with Crippen molar-refractivity contribution in [3.05, 3.63) is 53.5 Å². The molecule has 6 atom stereocenters. The first-order chi connectivity index (χ1) is 13.9. The first-order valence-electron chi connectivity index (χ1n) is 9.57. The fraction of sp³-hybridized carbons (Fsp3) is 0.476. The number of ether oxygens (including phenoxy) is 4. The normalized spacial score (nSPS) is 31.7. The van der Waals surface area contributed by atoms with Crippen molar-refractivity contribution in [2.24, 2.45) is 0 Å². The number of aryl methyl sites for hydroxylation is 2. The number of hydrogen-bond donors (Lipinski definition) is 2. The van der Waals surface area contributed by atoms with Crippen molar-refractivity contribution in [2.45, 2.75) is 57.7 Å². The lowest BCUT2D eigenvalue weighted by molar-refractivity contribution is -0.336. The van der Waals surface area contributed by atoms with E-state index in [-0.39, 0.29) is 12.5 Å². The van der Waals surface area contributed by atoms with Gasteiger partial charge in [0.25, 0.3) is 0 Å². The second kappa shape index (κ2) is 8.16. The zero-order chi connectivity index (χ0) is 20.5. The maximum atomic E-state index is 11.8. The Morgan fingerprint density at radius 3 is 2.76 bits per heavy atom. The zero-order valence-electron chi connectivity index (χ0n) is 16.5. The molecule has 1 aromatic carbocycles. The van der Waals surface area contributed by atoms with Crippen molar-refractivity contribution in [3.63, 3.8) is 0 Å². The van der Waals surface area contributed by atoms with Crippen molar-refractivity contribution in [1.82, 2.24) is 5.32 Å². The fourth-order valence-electron chi connectivity index (χ4n) is 3.71. The van der Waals surface area contributed by atoms with Crippen LogP contribution < -0.4 is 10.1 Å². The van der Waals surface area contributed by atoms with E-state index in [0.717, 1.165) is 11.1 Å². The van der Waals surface area contributed by atoms with Gasteiger partial charge in [-0.3, -0.25) is 4.79 Å². The lowest BCUT2D eigenvalue weighted by Crippen LogP contribution is -2.67. The van der Waals surface area contributed by atoms with Crippen molar-refractivity contribution in [3.8, 4) is 5.75 Å². The maximum Gasteiger partial charge on any atom is 0.223 e. The van der Waals surface area contributed by atoms with Crippen molar-refractivity contribution in [1.29, 1.82) is 0 Å². The molecule has 0 spiro atoms. The average Bonchev–Trinajstić information content (AvgIpc) is 3.21. The molecule has 2 fully saturated rings. The minimum absolute atomic E-state index is 0.187. The molecule has 4 rings (SSSR count). The van der Waals surface area contributed by atoms with Gasteiger partial charge in [0.2, 0.25) is 18.5 Å². The van der Waals surface area contributed by atoms with E-state index >= 15 is 0 Å². The Morgan fingerprint density at radius 1 is 1.24 bits per heavy atom. The minimum Gasteiger partial charge on any atom is -0.464 e. The molecule has 6 unspecified atom stereocenters. The van der Waals surface area contributed by atoms with Gasteiger partial charge in [-0.25, -0.2) is 0 Å². The van der Waals surface area contributed by atoms with Gasteiger partial charge in [0.15, 0.2) is 5.76 Å². The molecule has 8 nitrogen and oxygen atoms in total. The van der Waals surface area contributed by atoms with Crippen LogP contribution in [0.25, 0.3) is 0 Å². The number of aliphatic hydroxyl groups excluding tert-OH is 1. The predicted octanol–water partition coefficient (Wildman–Crippen LogP) is 1.98. The summed E-state index contributed by atoms with van der Waals surface area (Å²) in [6.45, 7) is 5.49. The molecule has 2 aliphatic heterocycles. The predicted molar refractivity (Wildman–Crippen MR) is 101 cm³/mol. The molecule has 1 aromatic heterocycles. The number of hydrogen-bond acceptors (Lipinski definition) is 7. The van der Waals surface area contributed by atoms with Crippen LogP contribution in [0.1, 0.15) is 30.1 Å². The van der Waals surface area contributed by atoms with Crippen molar-refractivity contribution < 1.29 is 33.3 Å². The number of furan rings is 1. The highest BCUT2D eigenvalue weighted by molar-refractivity contribution is 5.73. The number of carbonyl (C=O) groups is 1. The molecule has 0 saturated carbocycles. The number of carbonyl (C=O) groups excluding carboxylic acids is 1. The quantitative estimate of drug-likeness (QED) is 0.805. The minimum atomic E-state index is -1.06. The second-order valence-corrected chi connectivity index (χ2v) is 7.43. The number of benzene rings is 1. The van der Waals surface area contributed by atoms with Crippen LogP contribution in [0, 0.1) is 13.8 Å². The molecule has 8 heteroatoms. The third-order valence-electron chi connectivity index (χ3n) is 5.08. The first-order valence-corrected chi connectivity index (χ1v) is 9.57. The zero-order valence-corrected chi connectivity index (χ0v) is 16.5. The summed E-state index contributed by atoms with van der Waals surface area (Å²) in [5.74, 6) is 0.813. The summed E-state index contributed by atoms with van der Waals surface area (Å²) in [6, 6.07) is 8.42. The Balaban J connectivity index is 1.55. The van der Waals surface area contributed by atoms with E-state index in [0.29, 0.717) is 11.5 Å². The van der Waals surface area contributed by atoms with Gasteiger partial charge in [-0.2, -0.15) is 0 Å². The van der Waals surface area contributed by atoms with Crippen LogP contribution in [0.5, 0.6) is 5.75 Å². The molecule has 0 radical (unpaired) electrons. The van der Waals surface area contributed by atoms with Gasteiger partial charge < -0.3 is 33.8 Å². The third-order valence-corrected chi connectivity index (χ3v) is 5.08. The Bertz CT molecular complexity index is 853. The molecule has 0 bridgehead atoms. The van der Waals surface area contributed by atoms with Crippen LogP contribution >= 0.6 is 0 Å². The van der Waals surface area contributed by atoms with Crippen molar-refractivity contribution in [2.75, 3.05) is 6.61 Å². The summed E-state index contributed by atoms with van der Waals surface area (Å²) < 4.78 is 29.0. The van der Waals surface area contributed by atoms with E-state index in [9.17, 15) is 9.90 Å². The van der Waals surface area contributed by atoms with Crippen LogP contribution in [-0.4, -0.2) is 48.3 Å². The lowest BCUT2D eigenvalue weighted by atomic mass is 9.95. The van der Waals surface area contributed by atoms with Gasteiger partial charge >= 0.3 is 0 Å². The number of rotatable bonds is 4. The topological polar surface area (TPSA) is 99.4 Å². The smallest absolute Gasteiger partial charge is 0.223 e. The maximum absolute atomic E-state index is 11.8. The molecule has 2 aromatic rings. The Hall–Kier alpha value is -2.39. The van der Waals surface area contributed by atoms with Gasteiger partial charge in [0.1, 0.15) is 30.1 Å². The van der Waals surface area contributed by atoms with Gasteiger partial charge in [0.05, 0.1) is 12.9 Å². The SMILES string of the molecule is CC(=O)NC1C(Oc2ccc(C)cc2C)OC2COC(c3ccco3)OC2C1O. The number of amides is 1. The number of aliphatic hydroxyl groups is 1. The highest BCUT2D eigenvalue weighted by atomic mass is 16.8. The van der Waals surface area contributed by atoms with Gasteiger partial charge in [0, 0.05) is 6.92 Å². The van der Waals surface area contributed by atoms with Crippen molar-refractivity contribution >= 4 is 5.91 Å². The molecular weight excluding hydrogens is 378 g/mol. The molecule has 29 heavy (non-hydrogen) atoms. The summed E-state index contributed by atoms with van der Waals surface area (Å²) in [5.41, 5.74) is 2.04. The summed E-state index contributed by atoms with van der Waals surface area (Å²) >= 11 is 0. The van der Waals surface area contributed by atoms with Crippen LogP contribution in [0.15, 0.2) is 41.0 Å². The Morgan fingerprint density at radius 2 is 2.07 bits per heavy atom. The van der Waals surface area contributed by atoms with Crippen LogP contribution in [0.3, 0.4) is 0 Å². The van der Waals surface area contributed by atoms with Gasteiger partial charge in [-0.15, -0.1) is 0 Å². The fourth-order valence-corrected chi connectivity index (χ4v) is 3.71. The highest BCUT2D eigenvalue weighted by Gasteiger charge is 2.51. The third kappa shape index (κ3) is 4.16. The standard InChI is InChI=1S/C21H25NO7/c1-11-6-7-14(12(2)9-11)27-21-17(22-13(3)23)18(24)19-16(28-21)10-26-20(29-19)15-5-4-8-25-15/h4-9,16-21,24H,10H2,1-3H3,(H,22,23). The van der Waals surface area contributed by atoms with E-state index in [4.69, 9.17) is 23.4 Å². The summed E-state index contributed by atoms with van der Waals surface area (Å²) in [4.78, 5) is 11.8. The molecule has 2 saturated heterocycles. The molecular formula is C21H25NO7. The molecule has 1 amide bonds. The van der Waals surface area contributed by atoms with E-state index in [1.54, 1.807) is 12.1 Å². The van der Waals surface area contributed by atoms with E-state index < -0.39 is 36.9 Å². The first kappa shape index (κ1) is 19.9. The molecule has 2 N–H and O–H groups in total. The van der Waals surface area contributed by atoms with Crippen LogP contribution in [0.2, 0.25) is 0 Å². The average molecular weight is 403 g/mol. The van der Waals surface area contributed by atoms with Gasteiger partial charge in [-0.1, -0.05) is 17.7 Å². The molecule has 0 aliphatic carbocycles. The highest BCUT2D eigenvalue weighted by Crippen LogP contribution is 2.35. The number of nitrogens with one attached hydrogen (secondary N) is 1. The van der Waals surface area contributed by atoms with E-state index in [2.05, 4.69) is 5.32 Å². The van der Waals surface area contributed by atoms with E-state index in [1.165, 1.54) is 13.2 Å². The summed E-state index contributed by atoms with van der Waals surface area (Å²) in [7, 11) is 0. The van der Waals surface area contributed by atoms with E-state index in [1.807, 2.05) is 32.0 Å². The molecule has 156 valence electrons. The number of fused-ring (bicyclic) bond motifs is 1. The summed E-state index contributed by atoms with van der Waals surface area (Å²) in [6.07, 6.45) is -2.46. The van der Waals surface area contributed by atoms with Gasteiger partial charge in [-0.05, 0) is 37.6 Å². The lowest BCUT2D eigenvalue weighted by Gasteiger charge is -2.47. The Kier molecular flexibility index (Phi) is 5.60. The molecule has 3 heterocycles. The monoisotopic (exact) mass is 403 g/mol. The Labute approximate surface area is 168 Å². The second-order valence-electron chi connectivity index (χ2n) is 7.43.